The van der Waals surface area contributed by atoms with Gasteiger partial charge >= 0.3 is 0 Å². The molecule has 0 saturated carbocycles. The zero-order chi connectivity index (χ0) is 14.4. The summed E-state index contributed by atoms with van der Waals surface area (Å²) in [6, 6.07) is 13.2. The first-order chi connectivity index (χ1) is 9.74. The molecular weight excluding hydrogens is 282 g/mol. The molecule has 2 aromatic rings. The first-order valence-corrected chi connectivity index (χ1v) is 6.00. The van der Waals surface area contributed by atoms with E-state index in [2.05, 4.69) is 0 Å². The number of ether oxygens (including phenoxy) is 1. The molecule has 2 aromatic carbocycles. The van der Waals surface area contributed by atoms with E-state index in [1.165, 1.54) is 18.2 Å². The number of hydrogen-bond acceptors (Lipinski definition) is 4. The molecule has 0 fully saturated rings. The SMILES string of the molecule is O=COc1ccc(Cl)cc1N(C=O)Oc1ccccc1. The van der Waals surface area contributed by atoms with Gasteiger partial charge < -0.3 is 9.57 Å². The van der Waals surface area contributed by atoms with Gasteiger partial charge in [0.15, 0.2) is 11.5 Å². The molecule has 5 nitrogen and oxygen atoms in total. The number of amides is 1. The molecule has 0 aliphatic rings. The van der Waals surface area contributed by atoms with Crippen LogP contribution in [0.4, 0.5) is 5.69 Å². The zero-order valence-electron chi connectivity index (χ0n) is 10.2. The van der Waals surface area contributed by atoms with Gasteiger partial charge in [0.2, 0.25) is 6.41 Å². The highest BCUT2D eigenvalue weighted by Gasteiger charge is 2.15. The van der Waals surface area contributed by atoms with Crippen LogP contribution in [0, 0.1) is 0 Å². The third-order valence-electron chi connectivity index (χ3n) is 2.38. The van der Waals surface area contributed by atoms with Crippen molar-refractivity contribution in [3.63, 3.8) is 0 Å². The minimum Gasteiger partial charge on any atom is -0.426 e. The monoisotopic (exact) mass is 291 g/mol. The number of anilines is 1. The summed E-state index contributed by atoms with van der Waals surface area (Å²) in [7, 11) is 0. The lowest BCUT2D eigenvalue weighted by atomic mass is 10.3. The lowest BCUT2D eigenvalue weighted by molar-refractivity contribution is -0.120. The Morgan fingerprint density at radius 2 is 1.80 bits per heavy atom. The van der Waals surface area contributed by atoms with Crippen LogP contribution >= 0.6 is 11.6 Å². The van der Waals surface area contributed by atoms with Crippen LogP contribution in [0.5, 0.6) is 11.5 Å². The van der Waals surface area contributed by atoms with E-state index in [-0.39, 0.29) is 17.9 Å². The van der Waals surface area contributed by atoms with Gasteiger partial charge in [-0.2, -0.15) is 0 Å². The van der Waals surface area contributed by atoms with E-state index in [0.29, 0.717) is 17.2 Å². The molecule has 0 N–H and O–H groups in total. The molecule has 20 heavy (non-hydrogen) atoms. The number of halogens is 1. The van der Waals surface area contributed by atoms with Crippen molar-refractivity contribution in [2.45, 2.75) is 0 Å². The minimum absolute atomic E-state index is 0.160. The summed E-state index contributed by atoms with van der Waals surface area (Å²) in [5, 5.41) is 1.31. The molecular formula is C14H10ClNO4. The predicted octanol–water partition coefficient (Wildman–Crippen LogP) is 2.83. The molecule has 0 saturated heterocycles. The number of carbonyl (C=O) groups excluding carboxylic acids is 2. The second kappa shape index (κ2) is 6.58. The number of benzene rings is 2. The van der Waals surface area contributed by atoms with Crippen LogP contribution in [-0.4, -0.2) is 12.9 Å². The van der Waals surface area contributed by atoms with Gasteiger partial charge in [0.1, 0.15) is 5.69 Å². The molecule has 102 valence electrons. The molecule has 6 heteroatoms. The average Bonchev–Trinajstić information content (AvgIpc) is 2.48. The Bertz CT molecular complexity index is 603. The van der Waals surface area contributed by atoms with E-state index in [1.807, 2.05) is 6.07 Å². The summed E-state index contributed by atoms with van der Waals surface area (Å²) < 4.78 is 4.79. The molecule has 0 aliphatic heterocycles. The molecule has 2 rings (SSSR count). The number of hydrogen-bond donors (Lipinski definition) is 0. The first kappa shape index (κ1) is 13.9. The van der Waals surface area contributed by atoms with Gasteiger partial charge in [-0.05, 0) is 30.3 Å². The Kier molecular flexibility index (Phi) is 4.57. The molecule has 0 aromatic heterocycles. The lowest BCUT2D eigenvalue weighted by Crippen LogP contribution is -2.25. The first-order valence-electron chi connectivity index (χ1n) is 5.62. The van der Waals surface area contributed by atoms with Gasteiger partial charge in [-0.25, -0.2) is 0 Å². The Hall–Kier alpha value is -2.53. The van der Waals surface area contributed by atoms with E-state index in [9.17, 15) is 9.59 Å². The summed E-state index contributed by atoms with van der Waals surface area (Å²) in [5.74, 6) is 0.615. The highest BCUT2D eigenvalue weighted by atomic mass is 35.5. The largest absolute Gasteiger partial charge is 0.426 e. The van der Waals surface area contributed by atoms with E-state index in [0.717, 1.165) is 5.06 Å². The topological polar surface area (TPSA) is 55.8 Å². The summed E-state index contributed by atoms with van der Waals surface area (Å²) in [6.07, 6.45) is 0.455. The second-order valence-corrected chi connectivity index (χ2v) is 4.10. The standard InChI is InChI=1S/C14H10ClNO4/c15-11-6-7-14(19-10-18)13(8-11)16(9-17)20-12-4-2-1-3-5-12/h1-10H. The maximum absolute atomic E-state index is 11.2. The maximum atomic E-state index is 11.2. The lowest BCUT2D eigenvalue weighted by Gasteiger charge is -2.19. The van der Waals surface area contributed by atoms with Gasteiger partial charge in [0.25, 0.3) is 6.47 Å². The molecule has 1 amide bonds. The van der Waals surface area contributed by atoms with Gasteiger partial charge in [0, 0.05) is 5.02 Å². The van der Waals surface area contributed by atoms with Crippen molar-refractivity contribution in [3.05, 3.63) is 53.6 Å². The second-order valence-electron chi connectivity index (χ2n) is 3.66. The smallest absolute Gasteiger partial charge is 0.298 e. The third kappa shape index (κ3) is 3.27. The summed E-state index contributed by atoms with van der Waals surface area (Å²) in [5.41, 5.74) is 0.225. The zero-order valence-corrected chi connectivity index (χ0v) is 11.0. The molecule has 0 radical (unpaired) electrons. The van der Waals surface area contributed by atoms with Gasteiger partial charge in [-0.15, -0.1) is 5.06 Å². The highest BCUT2D eigenvalue weighted by molar-refractivity contribution is 6.31. The van der Waals surface area contributed by atoms with Crippen molar-refractivity contribution < 1.29 is 19.2 Å². The maximum Gasteiger partial charge on any atom is 0.298 e. The van der Waals surface area contributed by atoms with Gasteiger partial charge in [-0.1, -0.05) is 29.8 Å². The Balaban J connectivity index is 2.33. The van der Waals surface area contributed by atoms with E-state index in [1.54, 1.807) is 24.3 Å². The Morgan fingerprint density at radius 3 is 2.45 bits per heavy atom. The number of para-hydroxylation sites is 1. The summed E-state index contributed by atoms with van der Waals surface area (Å²) in [6.45, 7) is 0.262. The number of hydroxylamine groups is 1. The Morgan fingerprint density at radius 1 is 1.05 bits per heavy atom. The van der Waals surface area contributed by atoms with Crippen molar-refractivity contribution in [1.82, 2.24) is 0 Å². The van der Waals surface area contributed by atoms with Crippen LogP contribution in [0.3, 0.4) is 0 Å². The van der Waals surface area contributed by atoms with Crippen molar-refractivity contribution in [2.24, 2.45) is 0 Å². The van der Waals surface area contributed by atoms with Crippen LogP contribution in [-0.2, 0) is 9.59 Å². The fourth-order valence-electron chi connectivity index (χ4n) is 1.54. The molecule has 0 unspecified atom stereocenters. The van der Waals surface area contributed by atoms with Crippen LogP contribution < -0.4 is 14.6 Å². The van der Waals surface area contributed by atoms with Crippen molar-refractivity contribution >= 4 is 30.2 Å². The molecule has 0 spiro atoms. The van der Waals surface area contributed by atoms with Gasteiger partial charge in [0.05, 0.1) is 0 Å². The molecule has 0 aliphatic carbocycles. The molecule has 0 heterocycles. The highest BCUT2D eigenvalue weighted by Crippen LogP contribution is 2.31. The molecule has 0 atom stereocenters. The third-order valence-corrected chi connectivity index (χ3v) is 2.61. The van der Waals surface area contributed by atoms with Crippen LogP contribution in [0.15, 0.2) is 48.5 Å². The fourth-order valence-corrected chi connectivity index (χ4v) is 1.70. The van der Waals surface area contributed by atoms with Crippen molar-refractivity contribution in [1.29, 1.82) is 0 Å². The van der Waals surface area contributed by atoms with Crippen molar-refractivity contribution in [2.75, 3.05) is 5.06 Å². The quantitative estimate of drug-likeness (QED) is 0.606. The van der Waals surface area contributed by atoms with E-state index < -0.39 is 0 Å². The minimum atomic E-state index is 0.160. The fraction of sp³-hybridized carbons (Fsp3) is 0. The average molecular weight is 292 g/mol. The number of carbonyl (C=O) groups is 2. The predicted molar refractivity (Wildman–Crippen MR) is 73.8 cm³/mol. The van der Waals surface area contributed by atoms with E-state index in [4.69, 9.17) is 21.2 Å². The van der Waals surface area contributed by atoms with Crippen molar-refractivity contribution in [3.8, 4) is 11.5 Å². The Labute approximate surface area is 120 Å². The summed E-state index contributed by atoms with van der Waals surface area (Å²) >= 11 is 5.88. The van der Waals surface area contributed by atoms with Crippen LogP contribution in [0.1, 0.15) is 0 Å². The van der Waals surface area contributed by atoms with E-state index >= 15 is 0 Å². The van der Waals surface area contributed by atoms with Crippen LogP contribution in [0.2, 0.25) is 5.02 Å². The number of nitrogens with zero attached hydrogens (tertiary/aromatic N) is 1. The van der Waals surface area contributed by atoms with Crippen LogP contribution in [0.25, 0.3) is 0 Å². The normalized spacial score (nSPS) is 9.65. The van der Waals surface area contributed by atoms with Gasteiger partial charge in [-0.3, -0.25) is 9.59 Å². The number of rotatable bonds is 6. The molecule has 0 bridgehead atoms. The summed E-state index contributed by atoms with van der Waals surface area (Å²) in [4.78, 5) is 27.1.